The standard InChI is InChI=1S/C18H31N7.HI/c1-2-19-17(23-15-16-5-6-16)20-9-4-10-24-11-13-25(14-12-24)18-21-7-3-8-22-18;/h3,7-8,16H,2,4-6,9-15H2,1H3,(H2,19,20,23);1H. The number of anilines is 1. The summed E-state index contributed by atoms with van der Waals surface area (Å²) >= 11 is 0. The van der Waals surface area contributed by atoms with Crippen molar-refractivity contribution in [1.82, 2.24) is 25.5 Å². The molecule has 8 heteroatoms. The van der Waals surface area contributed by atoms with Crippen LogP contribution in [0.2, 0.25) is 0 Å². The molecule has 1 aliphatic heterocycles. The molecule has 0 aromatic carbocycles. The fourth-order valence-electron chi connectivity index (χ4n) is 3.00. The van der Waals surface area contributed by atoms with Gasteiger partial charge in [0.2, 0.25) is 5.95 Å². The van der Waals surface area contributed by atoms with E-state index >= 15 is 0 Å². The molecule has 146 valence electrons. The molecule has 26 heavy (non-hydrogen) atoms. The van der Waals surface area contributed by atoms with Crippen LogP contribution in [0.5, 0.6) is 0 Å². The molecule has 0 radical (unpaired) electrons. The fourth-order valence-corrected chi connectivity index (χ4v) is 3.00. The summed E-state index contributed by atoms with van der Waals surface area (Å²) in [5.74, 6) is 2.66. The Bertz CT molecular complexity index is 528. The SMILES string of the molecule is CCNC(=NCC1CC1)NCCCN1CCN(c2ncccn2)CC1.I. The van der Waals surface area contributed by atoms with Crippen molar-refractivity contribution in [3.05, 3.63) is 18.5 Å². The number of hydrogen-bond donors (Lipinski definition) is 2. The van der Waals surface area contributed by atoms with E-state index < -0.39 is 0 Å². The fraction of sp³-hybridized carbons (Fsp3) is 0.722. The van der Waals surface area contributed by atoms with E-state index in [1.807, 2.05) is 18.5 Å². The highest BCUT2D eigenvalue weighted by molar-refractivity contribution is 14.0. The van der Waals surface area contributed by atoms with E-state index in [1.54, 1.807) is 0 Å². The second-order valence-corrected chi connectivity index (χ2v) is 6.82. The maximum absolute atomic E-state index is 4.66. The Hall–Kier alpha value is -1.16. The Morgan fingerprint density at radius 1 is 1.15 bits per heavy atom. The van der Waals surface area contributed by atoms with Crippen LogP contribution in [0.1, 0.15) is 26.2 Å². The van der Waals surface area contributed by atoms with E-state index in [-0.39, 0.29) is 24.0 Å². The summed E-state index contributed by atoms with van der Waals surface area (Å²) in [5.41, 5.74) is 0. The maximum Gasteiger partial charge on any atom is 0.225 e. The Kier molecular flexibility index (Phi) is 9.38. The van der Waals surface area contributed by atoms with Gasteiger partial charge in [0.15, 0.2) is 5.96 Å². The van der Waals surface area contributed by atoms with Crippen LogP contribution in [0, 0.1) is 5.92 Å². The van der Waals surface area contributed by atoms with Crippen molar-refractivity contribution in [2.24, 2.45) is 10.9 Å². The van der Waals surface area contributed by atoms with Crippen molar-refractivity contribution in [3.63, 3.8) is 0 Å². The third-order valence-electron chi connectivity index (χ3n) is 4.70. The van der Waals surface area contributed by atoms with Crippen LogP contribution in [-0.2, 0) is 0 Å². The largest absolute Gasteiger partial charge is 0.357 e. The van der Waals surface area contributed by atoms with Gasteiger partial charge >= 0.3 is 0 Å². The normalized spacial score (nSPS) is 18.3. The van der Waals surface area contributed by atoms with Crippen LogP contribution < -0.4 is 15.5 Å². The molecule has 2 fully saturated rings. The summed E-state index contributed by atoms with van der Waals surface area (Å²) in [7, 11) is 0. The minimum absolute atomic E-state index is 0. The number of guanidine groups is 1. The third-order valence-corrected chi connectivity index (χ3v) is 4.70. The Morgan fingerprint density at radius 3 is 2.54 bits per heavy atom. The van der Waals surface area contributed by atoms with E-state index in [4.69, 9.17) is 0 Å². The first-order valence-electron chi connectivity index (χ1n) is 9.61. The zero-order valence-corrected chi connectivity index (χ0v) is 18.1. The predicted octanol–water partition coefficient (Wildman–Crippen LogP) is 1.57. The van der Waals surface area contributed by atoms with Crippen LogP contribution in [0.4, 0.5) is 5.95 Å². The molecule has 2 heterocycles. The van der Waals surface area contributed by atoms with Crippen LogP contribution in [0.25, 0.3) is 0 Å². The second-order valence-electron chi connectivity index (χ2n) is 6.82. The molecule has 3 rings (SSSR count). The molecule has 1 aromatic heterocycles. The molecule has 1 saturated heterocycles. The van der Waals surface area contributed by atoms with Gasteiger partial charge in [-0.1, -0.05) is 0 Å². The Morgan fingerprint density at radius 2 is 1.88 bits per heavy atom. The highest BCUT2D eigenvalue weighted by atomic mass is 127. The van der Waals surface area contributed by atoms with Gasteiger partial charge in [-0.05, 0) is 44.7 Å². The quantitative estimate of drug-likeness (QED) is 0.259. The lowest BCUT2D eigenvalue weighted by Crippen LogP contribution is -2.47. The molecule has 1 saturated carbocycles. The van der Waals surface area contributed by atoms with Crippen LogP contribution in [-0.4, -0.2) is 73.2 Å². The summed E-state index contributed by atoms with van der Waals surface area (Å²) in [5, 5.41) is 6.79. The van der Waals surface area contributed by atoms with Gasteiger partial charge in [0, 0.05) is 58.2 Å². The third kappa shape index (κ3) is 7.22. The number of piperazine rings is 1. The topological polar surface area (TPSA) is 68.7 Å². The highest BCUT2D eigenvalue weighted by Crippen LogP contribution is 2.28. The van der Waals surface area contributed by atoms with E-state index in [9.17, 15) is 0 Å². The Labute approximate surface area is 174 Å². The highest BCUT2D eigenvalue weighted by Gasteiger charge is 2.20. The summed E-state index contributed by atoms with van der Waals surface area (Å²) in [6.45, 7) is 10.3. The molecule has 1 aromatic rings. The van der Waals surface area contributed by atoms with Crippen molar-refractivity contribution < 1.29 is 0 Å². The number of nitrogens with zero attached hydrogens (tertiary/aromatic N) is 5. The molecule has 0 spiro atoms. The smallest absolute Gasteiger partial charge is 0.225 e. The van der Waals surface area contributed by atoms with E-state index in [0.717, 1.165) is 76.6 Å². The number of nitrogens with one attached hydrogen (secondary N) is 2. The lowest BCUT2D eigenvalue weighted by Gasteiger charge is -2.34. The van der Waals surface area contributed by atoms with Crippen molar-refractivity contribution in [3.8, 4) is 0 Å². The van der Waals surface area contributed by atoms with Crippen LogP contribution >= 0.6 is 24.0 Å². The molecular weight excluding hydrogens is 441 g/mol. The average Bonchev–Trinajstić information content (AvgIpc) is 3.49. The van der Waals surface area contributed by atoms with Gasteiger partial charge in [0.25, 0.3) is 0 Å². The van der Waals surface area contributed by atoms with Gasteiger partial charge in [-0.15, -0.1) is 24.0 Å². The number of aromatic nitrogens is 2. The molecular formula is C18H32IN7. The zero-order chi connectivity index (χ0) is 17.3. The van der Waals surface area contributed by atoms with Gasteiger partial charge in [-0.25, -0.2) is 9.97 Å². The molecule has 0 atom stereocenters. The minimum Gasteiger partial charge on any atom is -0.357 e. The predicted molar refractivity (Wildman–Crippen MR) is 117 cm³/mol. The number of aliphatic imine (C=N–C) groups is 1. The molecule has 0 unspecified atom stereocenters. The van der Waals surface area contributed by atoms with Crippen molar-refractivity contribution >= 4 is 35.9 Å². The van der Waals surface area contributed by atoms with Crippen molar-refractivity contribution in [2.75, 3.05) is 57.3 Å². The summed E-state index contributed by atoms with van der Waals surface area (Å²) < 4.78 is 0. The van der Waals surface area contributed by atoms with Crippen molar-refractivity contribution in [2.45, 2.75) is 26.2 Å². The lowest BCUT2D eigenvalue weighted by atomic mass is 10.3. The minimum atomic E-state index is 0. The lowest BCUT2D eigenvalue weighted by molar-refractivity contribution is 0.254. The molecule has 1 aliphatic carbocycles. The number of rotatable bonds is 8. The first-order valence-corrected chi connectivity index (χ1v) is 9.61. The first kappa shape index (κ1) is 21.1. The monoisotopic (exact) mass is 473 g/mol. The van der Waals surface area contributed by atoms with E-state index in [0.29, 0.717) is 0 Å². The van der Waals surface area contributed by atoms with Gasteiger partial charge in [0.1, 0.15) is 0 Å². The number of halogens is 1. The molecule has 0 amide bonds. The maximum atomic E-state index is 4.66. The van der Waals surface area contributed by atoms with Gasteiger partial charge in [0.05, 0.1) is 0 Å². The summed E-state index contributed by atoms with van der Waals surface area (Å²) in [6, 6.07) is 1.86. The summed E-state index contributed by atoms with van der Waals surface area (Å²) in [6.07, 6.45) is 7.46. The first-order chi connectivity index (χ1) is 12.3. The zero-order valence-electron chi connectivity index (χ0n) is 15.7. The van der Waals surface area contributed by atoms with Gasteiger partial charge in [-0.3, -0.25) is 9.89 Å². The molecule has 2 aliphatic rings. The van der Waals surface area contributed by atoms with Crippen molar-refractivity contribution in [1.29, 1.82) is 0 Å². The second kappa shape index (κ2) is 11.5. The van der Waals surface area contributed by atoms with Gasteiger partial charge < -0.3 is 15.5 Å². The average molecular weight is 473 g/mol. The summed E-state index contributed by atoms with van der Waals surface area (Å²) in [4.78, 5) is 18.1. The van der Waals surface area contributed by atoms with E-state index in [2.05, 4.69) is 42.3 Å². The van der Waals surface area contributed by atoms with Crippen LogP contribution in [0.15, 0.2) is 23.5 Å². The molecule has 2 N–H and O–H groups in total. The van der Waals surface area contributed by atoms with Gasteiger partial charge in [-0.2, -0.15) is 0 Å². The van der Waals surface area contributed by atoms with E-state index in [1.165, 1.54) is 12.8 Å². The molecule has 0 bridgehead atoms. The number of hydrogen-bond acceptors (Lipinski definition) is 5. The Balaban J connectivity index is 0.00000243. The molecule has 7 nitrogen and oxygen atoms in total. The van der Waals surface area contributed by atoms with Crippen LogP contribution in [0.3, 0.4) is 0 Å².